The van der Waals surface area contributed by atoms with Gasteiger partial charge >= 0.3 is 0 Å². The summed E-state index contributed by atoms with van der Waals surface area (Å²) in [6, 6.07) is 3.91. The predicted molar refractivity (Wildman–Crippen MR) is 69.8 cm³/mol. The van der Waals surface area contributed by atoms with Crippen LogP contribution >= 0.6 is 12.2 Å². The van der Waals surface area contributed by atoms with Crippen LogP contribution in [0.15, 0.2) is 18.3 Å². The van der Waals surface area contributed by atoms with Crippen molar-refractivity contribution in [2.75, 3.05) is 11.9 Å². The molecular weight excluding hydrogens is 236 g/mol. The van der Waals surface area contributed by atoms with Crippen LogP contribution in [0.1, 0.15) is 18.5 Å². The van der Waals surface area contributed by atoms with Gasteiger partial charge in [-0.25, -0.2) is 0 Å². The maximum Gasteiger partial charge on any atom is 0.239 e. The zero-order chi connectivity index (χ0) is 12.3. The van der Waals surface area contributed by atoms with E-state index in [1.807, 2.05) is 0 Å². The van der Waals surface area contributed by atoms with Crippen LogP contribution in [0.2, 0.25) is 0 Å². The second kappa shape index (κ2) is 5.09. The summed E-state index contributed by atoms with van der Waals surface area (Å²) in [5.74, 6) is 0.00548. The van der Waals surface area contributed by atoms with Crippen LogP contribution in [0, 0.1) is 0 Å². The Morgan fingerprint density at radius 2 is 2.29 bits per heavy atom. The number of anilines is 1. The molecule has 0 aliphatic heterocycles. The van der Waals surface area contributed by atoms with Crippen LogP contribution in [0.5, 0.6) is 0 Å². The number of carbonyl (C=O) groups is 1. The van der Waals surface area contributed by atoms with E-state index in [0.29, 0.717) is 11.7 Å². The van der Waals surface area contributed by atoms with Crippen molar-refractivity contribution in [3.63, 3.8) is 0 Å². The molecule has 1 saturated carbocycles. The molecular formula is C11H14N4OS. The van der Waals surface area contributed by atoms with Crippen LogP contribution in [0.3, 0.4) is 0 Å². The smallest absolute Gasteiger partial charge is 0.239 e. The second-order valence-corrected chi connectivity index (χ2v) is 4.43. The zero-order valence-corrected chi connectivity index (χ0v) is 10.1. The number of hydrogen-bond donors (Lipinski definition) is 3. The number of aromatic nitrogens is 1. The number of nitrogens with one attached hydrogen (secondary N) is 2. The third-order valence-corrected chi connectivity index (χ3v) is 2.62. The first-order valence-corrected chi connectivity index (χ1v) is 5.85. The Bertz CT molecular complexity index is 428. The fraction of sp³-hybridized carbons (Fsp3) is 0.364. The monoisotopic (exact) mass is 250 g/mol. The molecule has 1 fully saturated rings. The van der Waals surface area contributed by atoms with Crippen LogP contribution in [0.25, 0.3) is 0 Å². The van der Waals surface area contributed by atoms with Gasteiger partial charge in [-0.3, -0.25) is 9.78 Å². The third kappa shape index (κ3) is 3.67. The molecule has 1 amide bonds. The number of nitrogens with two attached hydrogens (primary N) is 1. The standard InChI is InChI=1S/C11H14N4OS/c12-11(17)9-4-3-8(5-14-9)13-6-10(16)15-7-1-2-7/h3-5,7,13H,1-2,6H2,(H2,12,17)(H,15,16). The summed E-state index contributed by atoms with van der Waals surface area (Å²) < 4.78 is 0. The lowest BCUT2D eigenvalue weighted by Gasteiger charge is -2.07. The molecule has 17 heavy (non-hydrogen) atoms. The van der Waals surface area contributed by atoms with E-state index in [-0.39, 0.29) is 17.4 Å². The number of hydrogen-bond acceptors (Lipinski definition) is 4. The average Bonchev–Trinajstić information content (AvgIpc) is 3.11. The van der Waals surface area contributed by atoms with Crippen LogP contribution < -0.4 is 16.4 Å². The topological polar surface area (TPSA) is 80.0 Å². The van der Waals surface area contributed by atoms with Crippen molar-refractivity contribution in [3.05, 3.63) is 24.0 Å². The lowest BCUT2D eigenvalue weighted by molar-refractivity contribution is -0.119. The van der Waals surface area contributed by atoms with E-state index in [4.69, 9.17) is 18.0 Å². The molecule has 90 valence electrons. The molecule has 0 radical (unpaired) electrons. The first-order valence-electron chi connectivity index (χ1n) is 5.44. The normalized spacial score (nSPS) is 14.1. The van der Waals surface area contributed by atoms with Crippen molar-refractivity contribution in [3.8, 4) is 0 Å². The fourth-order valence-electron chi connectivity index (χ4n) is 1.33. The fourth-order valence-corrected chi connectivity index (χ4v) is 1.45. The summed E-state index contributed by atoms with van der Waals surface area (Å²) >= 11 is 4.80. The van der Waals surface area contributed by atoms with Gasteiger partial charge < -0.3 is 16.4 Å². The highest BCUT2D eigenvalue weighted by Crippen LogP contribution is 2.18. The molecule has 1 aromatic heterocycles. The molecule has 6 heteroatoms. The van der Waals surface area contributed by atoms with Gasteiger partial charge in [0.05, 0.1) is 24.1 Å². The van der Waals surface area contributed by atoms with Gasteiger partial charge in [0, 0.05) is 6.04 Å². The van der Waals surface area contributed by atoms with Crippen molar-refractivity contribution in [1.82, 2.24) is 10.3 Å². The molecule has 1 heterocycles. The summed E-state index contributed by atoms with van der Waals surface area (Å²) in [4.78, 5) is 15.7. The Balaban J connectivity index is 1.81. The minimum absolute atomic E-state index is 0.00548. The van der Waals surface area contributed by atoms with Gasteiger partial charge in [0.25, 0.3) is 0 Å². The van der Waals surface area contributed by atoms with E-state index < -0.39 is 0 Å². The maximum atomic E-state index is 11.4. The zero-order valence-electron chi connectivity index (χ0n) is 9.27. The number of rotatable bonds is 5. The minimum atomic E-state index is 0.00548. The number of pyridine rings is 1. The summed E-state index contributed by atoms with van der Waals surface area (Å²) in [5.41, 5.74) is 6.78. The SMILES string of the molecule is NC(=S)c1ccc(NCC(=O)NC2CC2)cn1. The first-order chi connectivity index (χ1) is 8.15. The lowest BCUT2D eigenvalue weighted by Crippen LogP contribution is -2.31. The summed E-state index contributed by atoms with van der Waals surface area (Å²) in [6.07, 6.45) is 3.80. The molecule has 1 aliphatic carbocycles. The van der Waals surface area contributed by atoms with Crippen molar-refractivity contribution in [2.45, 2.75) is 18.9 Å². The highest BCUT2D eigenvalue weighted by molar-refractivity contribution is 7.80. The molecule has 5 nitrogen and oxygen atoms in total. The van der Waals surface area contributed by atoms with Crippen molar-refractivity contribution < 1.29 is 4.79 Å². The summed E-state index contributed by atoms with van der Waals surface area (Å²) in [6.45, 7) is 0.255. The molecule has 0 unspecified atom stereocenters. The van der Waals surface area contributed by atoms with E-state index in [9.17, 15) is 4.79 Å². The van der Waals surface area contributed by atoms with Gasteiger partial charge in [0.15, 0.2) is 0 Å². The van der Waals surface area contributed by atoms with Gasteiger partial charge in [0.2, 0.25) is 5.91 Å². The van der Waals surface area contributed by atoms with Gasteiger partial charge in [-0.1, -0.05) is 12.2 Å². The van der Waals surface area contributed by atoms with E-state index in [0.717, 1.165) is 18.5 Å². The minimum Gasteiger partial charge on any atom is -0.388 e. The van der Waals surface area contributed by atoms with E-state index in [1.54, 1.807) is 18.3 Å². The van der Waals surface area contributed by atoms with Crippen LogP contribution in [-0.4, -0.2) is 28.5 Å². The van der Waals surface area contributed by atoms with Crippen molar-refractivity contribution in [2.24, 2.45) is 5.73 Å². The molecule has 4 N–H and O–H groups in total. The lowest BCUT2D eigenvalue weighted by atomic mass is 10.3. The number of thiocarbonyl (C=S) groups is 1. The van der Waals surface area contributed by atoms with Gasteiger partial charge in [0.1, 0.15) is 4.99 Å². The van der Waals surface area contributed by atoms with Gasteiger partial charge in [-0.2, -0.15) is 0 Å². The highest BCUT2D eigenvalue weighted by Gasteiger charge is 2.22. The largest absolute Gasteiger partial charge is 0.388 e. The Morgan fingerprint density at radius 3 is 2.82 bits per heavy atom. The Kier molecular flexibility index (Phi) is 3.53. The molecule has 0 saturated heterocycles. The second-order valence-electron chi connectivity index (χ2n) is 3.99. The number of carbonyl (C=O) groups excluding carboxylic acids is 1. The van der Waals surface area contributed by atoms with E-state index in [2.05, 4.69) is 15.6 Å². The predicted octanol–water partition coefficient (Wildman–Crippen LogP) is 0.406. The summed E-state index contributed by atoms with van der Waals surface area (Å²) in [7, 11) is 0. The van der Waals surface area contributed by atoms with Gasteiger partial charge in [-0.15, -0.1) is 0 Å². The molecule has 0 bridgehead atoms. The van der Waals surface area contributed by atoms with Crippen LogP contribution in [-0.2, 0) is 4.79 Å². The molecule has 1 aromatic rings. The number of nitrogens with zero attached hydrogens (tertiary/aromatic N) is 1. The maximum absolute atomic E-state index is 11.4. The van der Waals surface area contributed by atoms with Crippen molar-refractivity contribution >= 4 is 28.8 Å². The first kappa shape index (κ1) is 11.8. The highest BCUT2D eigenvalue weighted by atomic mass is 32.1. The number of amides is 1. The van der Waals surface area contributed by atoms with Crippen molar-refractivity contribution in [1.29, 1.82) is 0 Å². The molecule has 2 rings (SSSR count). The molecule has 0 spiro atoms. The summed E-state index contributed by atoms with van der Waals surface area (Å²) in [5, 5.41) is 5.88. The molecule has 0 atom stereocenters. The van der Waals surface area contributed by atoms with Crippen LogP contribution in [0.4, 0.5) is 5.69 Å². The van der Waals surface area contributed by atoms with E-state index in [1.165, 1.54) is 0 Å². The third-order valence-electron chi connectivity index (χ3n) is 2.41. The van der Waals surface area contributed by atoms with E-state index >= 15 is 0 Å². The molecule has 1 aliphatic rings. The quantitative estimate of drug-likeness (QED) is 0.659. The molecule has 0 aromatic carbocycles. The Labute approximate surface area is 105 Å². The van der Waals surface area contributed by atoms with Gasteiger partial charge in [-0.05, 0) is 25.0 Å². The Morgan fingerprint density at radius 1 is 1.53 bits per heavy atom. The Hall–Kier alpha value is -1.69. The average molecular weight is 250 g/mol.